The Morgan fingerprint density at radius 3 is 2.56 bits per heavy atom. The van der Waals surface area contributed by atoms with Crippen molar-refractivity contribution in [1.29, 1.82) is 0 Å². The van der Waals surface area contributed by atoms with Gasteiger partial charge in [-0.2, -0.15) is 0 Å². The summed E-state index contributed by atoms with van der Waals surface area (Å²) in [5, 5.41) is 18.1. The van der Waals surface area contributed by atoms with E-state index in [2.05, 4.69) is 27.9 Å². The number of carboxylic acid groups (broad SMARTS) is 1. The SMILES string of the molecule is CN1CCC(COc2ccc3oc4c(NCC(=O)NCC(=O)NCC(=O)O)c5ccccc5nc4c3c2)CC1. The molecule has 1 aliphatic rings. The Balaban J connectivity index is 1.35. The van der Waals surface area contributed by atoms with Gasteiger partial charge in [0.05, 0.1) is 36.3 Å². The van der Waals surface area contributed by atoms with Gasteiger partial charge in [0.2, 0.25) is 11.8 Å². The molecule has 0 radical (unpaired) electrons. The van der Waals surface area contributed by atoms with Gasteiger partial charge in [-0.05, 0) is 63.2 Å². The van der Waals surface area contributed by atoms with Crippen molar-refractivity contribution < 1.29 is 28.6 Å². The molecule has 4 N–H and O–H groups in total. The smallest absolute Gasteiger partial charge is 0.322 e. The number of carboxylic acids is 1. The number of likely N-dealkylation sites (tertiary alicyclic amines) is 1. The molecular weight excluding hydrogens is 502 g/mol. The number of nitrogens with one attached hydrogen (secondary N) is 3. The zero-order valence-electron chi connectivity index (χ0n) is 21.7. The number of carbonyl (C=O) groups excluding carboxylic acids is 2. The second kappa shape index (κ2) is 11.6. The van der Waals surface area contributed by atoms with Crippen LogP contribution in [0.2, 0.25) is 0 Å². The number of pyridine rings is 1. The molecule has 1 fully saturated rings. The number of amides is 2. The van der Waals surface area contributed by atoms with Gasteiger partial charge in [-0.3, -0.25) is 14.4 Å². The molecule has 0 unspecified atom stereocenters. The number of aromatic nitrogens is 1. The van der Waals surface area contributed by atoms with Gasteiger partial charge in [0.1, 0.15) is 23.4 Å². The first-order valence-corrected chi connectivity index (χ1v) is 12.9. The van der Waals surface area contributed by atoms with E-state index in [0.29, 0.717) is 34.9 Å². The Bertz CT molecular complexity index is 1530. The van der Waals surface area contributed by atoms with Crippen LogP contribution in [-0.4, -0.2) is 79.2 Å². The molecule has 3 heterocycles. The molecule has 4 aromatic rings. The monoisotopic (exact) mass is 533 g/mol. The molecule has 5 rings (SSSR count). The number of carbonyl (C=O) groups is 3. The number of hydrogen-bond acceptors (Lipinski definition) is 8. The third kappa shape index (κ3) is 6.20. The lowest BCUT2D eigenvalue weighted by Crippen LogP contribution is -2.40. The molecule has 2 aromatic heterocycles. The number of benzene rings is 2. The lowest BCUT2D eigenvalue weighted by molar-refractivity contribution is -0.137. The van der Waals surface area contributed by atoms with Crippen molar-refractivity contribution in [3.05, 3.63) is 42.5 Å². The summed E-state index contributed by atoms with van der Waals surface area (Å²) in [6.07, 6.45) is 2.24. The second-order valence-corrected chi connectivity index (χ2v) is 9.80. The van der Waals surface area contributed by atoms with Crippen LogP contribution < -0.4 is 20.7 Å². The molecule has 11 nitrogen and oxygen atoms in total. The zero-order chi connectivity index (χ0) is 27.4. The summed E-state index contributed by atoms with van der Waals surface area (Å²) >= 11 is 0. The highest BCUT2D eigenvalue weighted by molar-refractivity contribution is 6.14. The normalized spacial score (nSPS) is 14.5. The Morgan fingerprint density at radius 2 is 1.77 bits per heavy atom. The molecule has 11 heteroatoms. The minimum absolute atomic E-state index is 0.128. The first kappa shape index (κ1) is 26.2. The van der Waals surface area contributed by atoms with Gasteiger partial charge < -0.3 is 35.1 Å². The Hall–Kier alpha value is -4.38. The summed E-state index contributed by atoms with van der Waals surface area (Å²) in [6.45, 7) is 1.87. The van der Waals surface area contributed by atoms with Gasteiger partial charge in [0.25, 0.3) is 0 Å². The topological polar surface area (TPSA) is 146 Å². The Morgan fingerprint density at radius 1 is 1.03 bits per heavy atom. The largest absolute Gasteiger partial charge is 0.493 e. The van der Waals surface area contributed by atoms with Gasteiger partial charge in [0.15, 0.2) is 5.58 Å². The standard InChI is InChI=1S/C28H31N5O6/c1-33-10-8-17(9-11-33)16-38-18-6-7-22-20(12-18)27-28(39-22)26(19-4-2-3-5-21(19)32-27)31-14-24(35)29-13-23(34)30-15-25(36)37/h2-7,12,17H,8-11,13-16H2,1H3,(H,29,35)(H,30,34)(H,31,32)(H,36,37). The van der Waals surface area contributed by atoms with Crippen molar-refractivity contribution >= 4 is 56.4 Å². The molecule has 2 aromatic carbocycles. The molecule has 0 atom stereocenters. The third-order valence-corrected chi connectivity index (χ3v) is 6.90. The van der Waals surface area contributed by atoms with Crippen LogP contribution in [0.25, 0.3) is 33.0 Å². The van der Waals surface area contributed by atoms with E-state index in [1.54, 1.807) is 0 Å². The minimum atomic E-state index is -1.16. The Labute approximate surface area is 224 Å². The first-order valence-electron chi connectivity index (χ1n) is 12.9. The maximum absolute atomic E-state index is 12.4. The molecule has 0 aliphatic carbocycles. The number of hydrogen-bond donors (Lipinski definition) is 4. The van der Waals surface area contributed by atoms with E-state index in [1.165, 1.54) is 0 Å². The fraction of sp³-hybridized carbons (Fsp3) is 0.357. The van der Waals surface area contributed by atoms with Crippen LogP contribution in [-0.2, 0) is 14.4 Å². The van der Waals surface area contributed by atoms with Crippen LogP contribution in [0, 0.1) is 5.92 Å². The van der Waals surface area contributed by atoms with Crippen LogP contribution >= 0.6 is 0 Å². The fourth-order valence-electron chi connectivity index (χ4n) is 4.72. The van der Waals surface area contributed by atoms with Crippen LogP contribution in [0.5, 0.6) is 5.75 Å². The second-order valence-electron chi connectivity index (χ2n) is 9.80. The van der Waals surface area contributed by atoms with Gasteiger partial charge >= 0.3 is 5.97 Å². The molecule has 204 valence electrons. The van der Waals surface area contributed by atoms with Crippen LogP contribution in [0.3, 0.4) is 0 Å². The summed E-state index contributed by atoms with van der Waals surface area (Å²) in [7, 11) is 2.14. The predicted molar refractivity (Wildman–Crippen MR) is 147 cm³/mol. The molecule has 0 saturated carbocycles. The summed E-state index contributed by atoms with van der Waals surface area (Å²) in [4.78, 5) is 41.9. The van der Waals surface area contributed by atoms with Gasteiger partial charge in [-0.15, -0.1) is 0 Å². The number of furan rings is 1. The average Bonchev–Trinajstić information content (AvgIpc) is 3.30. The molecule has 2 amide bonds. The van der Waals surface area contributed by atoms with E-state index in [0.717, 1.165) is 48.0 Å². The van der Waals surface area contributed by atoms with Gasteiger partial charge in [-0.25, -0.2) is 4.98 Å². The summed E-state index contributed by atoms with van der Waals surface area (Å²) in [5.41, 5.74) is 3.18. The van der Waals surface area contributed by atoms with E-state index in [1.807, 2.05) is 42.5 Å². The van der Waals surface area contributed by atoms with Crippen molar-refractivity contribution in [2.75, 3.05) is 51.7 Å². The number of piperidine rings is 1. The Kier molecular flexibility index (Phi) is 7.78. The van der Waals surface area contributed by atoms with E-state index >= 15 is 0 Å². The maximum Gasteiger partial charge on any atom is 0.322 e. The predicted octanol–water partition coefficient (Wildman–Crippen LogP) is 2.58. The zero-order valence-corrected chi connectivity index (χ0v) is 21.7. The minimum Gasteiger partial charge on any atom is -0.493 e. The van der Waals surface area contributed by atoms with Crippen LogP contribution in [0.4, 0.5) is 5.69 Å². The van der Waals surface area contributed by atoms with Crippen molar-refractivity contribution in [3.8, 4) is 5.75 Å². The van der Waals surface area contributed by atoms with Crippen LogP contribution in [0.1, 0.15) is 12.8 Å². The lowest BCUT2D eigenvalue weighted by atomic mass is 9.98. The maximum atomic E-state index is 12.4. The van der Waals surface area contributed by atoms with E-state index in [4.69, 9.17) is 19.2 Å². The van der Waals surface area contributed by atoms with Gasteiger partial charge in [0, 0.05) is 5.39 Å². The number of para-hydroxylation sites is 1. The number of ether oxygens (including phenoxy) is 1. The summed E-state index contributed by atoms with van der Waals surface area (Å²) < 4.78 is 12.4. The number of anilines is 1. The van der Waals surface area contributed by atoms with E-state index in [-0.39, 0.29) is 13.1 Å². The van der Waals surface area contributed by atoms with Crippen molar-refractivity contribution in [1.82, 2.24) is 20.5 Å². The molecule has 1 saturated heterocycles. The molecule has 0 spiro atoms. The lowest BCUT2D eigenvalue weighted by Gasteiger charge is -2.28. The quantitative estimate of drug-likeness (QED) is 0.242. The fourth-order valence-corrected chi connectivity index (χ4v) is 4.72. The van der Waals surface area contributed by atoms with E-state index in [9.17, 15) is 14.4 Å². The highest BCUT2D eigenvalue weighted by Crippen LogP contribution is 2.38. The molecular formula is C28H31N5O6. The first-order chi connectivity index (χ1) is 18.9. The number of fused-ring (bicyclic) bond motifs is 4. The molecule has 39 heavy (non-hydrogen) atoms. The summed E-state index contributed by atoms with van der Waals surface area (Å²) in [5.74, 6) is -0.894. The number of aliphatic carboxylic acids is 1. The molecule has 1 aliphatic heterocycles. The number of rotatable bonds is 10. The molecule has 0 bridgehead atoms. The summed E-state index contributed by atoms with van der Waals surface area (Å²) in [6, 6.07) is 13.3. The third-order valence-electron chi connectivity index (χ3n) is 6.90. The van der Waals surface area contributed by atoms with Crippen molar-refractivity contribution in [2.24, 2.45) is 5.92 Å². The van der Waals surface area contributed by atoms with E-state index < -0.39 is 24.3 Å². The van der Waals surface area contributed by atoms with Gasteiger partial charge in [-0.1, -0.05) is 18.2 Å². The van der Waals surface area contributed by atoms with Crippen LogP contribution in [0.15, 0.2) is 46.9 Å². The highest BCUT2D eigenvalue weighted by atomic mass is 16.5. The van der Waals surface area contributed by atoms with Crippen molar-refractivity contribution in [3.63, 3.8) is 0 Å². The number of nitrogens with zero attached hydrogens (tertiary/aromatic N) is 2. The average molecular weight is 534 g/mol. The van der Waals surface area contributed by atoms with Crippen molar-refractivity contribution in [2.45, 2.75) is 12.8 Å². The highest BCUT2D eigenvalue weighted by Gasteiger charge is 2.20.